The maximum atomic E-state index is 12.7. The summed E-state index contributed by atoms with van der Waals surface area (Å²) < 4.78 is 0. The number of carbonyl (C=O) groups is 1. The molecule has 2 aromatic rings. The number of allylic oxidation sites excluding steroid dienone is 5. The van der Waals surface area contributed by atoms with Crippen molar-refractivity contribution in [2.45, 2.75) is 20.8 Å². The van der Waals surface area contributed by atoms with E-state index in [1.165, 1.54) is 16.7 Å². The van der Waals surface area contributed by atoms with Gasteiger partial charge in [-0.15, -0.1) is 0 Å². The van der Waals surface area contributed by atoms with Gasteiger partial charge in [-0.3, -0.25) is 4.79 Å². The Morgan fingerprint density at radius 2 is 1.70 bits per heavy atom. The SMILES string of the molecule is C=CC1=C(/C=C\C)c2ccc(-c3cc(C)ccc3C)cc2C1=O. The molecule has 0 bridgehead atoms. The van der Waals surface area contributed by atoms with E-state index in [1.54, 1.807) is 6.08 Å². The van der Waals surface area contributed by atoms with E-state index in [4.69, 9.17) is 0 Å². The van der Waals surface area contributed by atoms with Crippen molar-refractivity contribution in [1.82, 2.24) is 0 Å². The van der Waals surface area contributed by atoms with Crippen LogP contribution in [0.25, 0.3) is 16.7 Å². The van der Waals surface area contributed by atoms with Crippen molar-refractivity contribution in [1.29, 1.82) is 0 Å². The average molecular weight is 300 g/mol. The van der Waals surface area contributed by atoms with Crippen molar-refractivity contribution in [2.75, 3.05) is 0 Å². The zero-order valence-corrected chi connectivity index (χ0v) is 13.8. The Kier molecular flexibility index (Phi) is 3.87. The summed E-state index contributed by atoms with van der Waals surface area (Å²) in [5.74, 6) is 0.0651. The maximum Gasteiger partial charge on any atom is 0.194 e. The van der Waals surface area contributed by atoms with Crippen LogP contribution in [0, 0.1) is 13.8 Å². The number of aryl methyl sites for hydroxylation is 2. The van der Waals surface area contributed by atoms with Crippen LogP contribution in [0.5, 0.6) is 0 Å². The lowest BCUT2D eigenvalue weighted by Crippen LogP contribution is -1.97. The zero-order valence-electron chi connectivity index (χ0n) is 13.8. The summed E-state index contributed by atoms with van der Waals surface area (Å²) in [5, 5.41) is 0. The summed E-state index contributed by atoms with van der Waals surface area (Å²) in [6.07, 6.45) is 5.60. The summed E-state index contributed by atoms with van der Waals surface area (Å²) in [7, 11) is 0. The molecular weight excluding hydrogens is 280 g/mol. The van der Waals surface area contributed by atoms with E-state index in [-0.39, 0.29) is 5.78 Å². The van der Waals surface area contributed by atoms with Gasteiger partial charge in [-0.1, -0.05) is 60.7 Å². The lowest BCUT2D eigenvalue weighted by Gasteiger charge is -2.10. The Morgan fingerprint density at radius 1 is 0.913 bits per heavy atom. The Morgan fingerprint density at radius 3 is 2.39 bits per heavy atom. The second-order valence-corrected chi connectivity index (χ2v) is 5.94. The number of rotatable bonds is 3. The van der Waals surface area contributed by atoms with E-state index in [0.29, 0.717) is 5.57 Å². The first kappa shape index (κ1) is 15.2. The highest BCUT2D eigenvalue weighted by molar-refractivity contribution is 6.24. The second-order valence-electron chi connectivity index (χ2n) is 5.94. The molecule has 0 amide bonds. The summed E-state index contributed by atoms with van der Waals surface area (Å²) in [4.78, 5) is 12.7. The van der Waals surface area contributed by atoms with Crippen LogP contribution in [0.3, 0.4) is 0 Å². The molecule has 0 radical (unpaired) electrons. The van der Waals surface area contributed by atoms with Gasteiger partial charge in [0.25, 0.3) is 0 Å². The van der Waals surface area contributed by atoms with Crippen LogP contribution < -0.4 is 0 Å². The third-order valence-corrected chi connectivity index (χ3v) is 4.33. The van der Waals surface area contributed by atoms with Crippen LogP contribution in [-0.4, -0.2) is 5.78 Å². The highest BCUT2D eigenvalue weighted by Crippen LogP contribution is 2.37. The molecule has 0 aliphatic heterocycles. The molecule has 0 spiro atoms. The molecule has 23 heavy (non-hydrogen) atoms. The van der Waals surface area contributed by atoms with Gasteiger partial charge in [0.2, 0.25) is 0 Å². The van der Waals surface area contributed by atoms with Crippen LogP contribution in [-0.2, 0) is 0 Å². The predicted octanol–water partition coefficient (Wildman–Crippen LogP) is 5.68. The Balaban J connectivity index is 2.17. The minimum absolute atomic E-state index is 0.0651. The smallest absolute Gasteiger partial charge is 0.194 e. The molecule has 0 atom stereocenters. The number of carbonyl (C=O) groups excluding carboxylic acids is 1. The van der Waals surface area contributed by atoms with Crippen molar-refractivity contribution in [3.8, 4) is 11.1 Å². The van der Waals surface area contributed by atoms with Crippen molar-refractivity contribution >= 4 is 11.4 Å². The zero-order chi connectivity index (χ0) is 16.6. The molecule has 1 nitrogen and oxygen atoms in total. The van der Waals surface area contributed by atoms with E-state index in [1.807, 2.05) is 25.1 Å². The molecular formula is C22H20O. The Labute approximate surface area is 137 Å². The summed E-state index contributed by atoms with van der Waals surface area (Å²) in [6, 6.07) is 12.6. The molecule has 1 aliphatic carbocycles. The molecule has 1 aliphatic rings. The molecule has 0 fully saturated rings. The quantitative estimate of drug-likeness (QED) is 0.712. The topological polar surface area (TPSA) is 17.1 Å². The fourth-order valence-corrected chi connectivity index (χ4v) is 3.14. The number of hydrogen-bond donors (Lipinski definition) is 0. The van der Waals surface area contributed by atoms with Crippen LogP contribution >= 0.6 is 0 Å². The molecule has 0 saturated heterocycles. The van der Waals surface area contributed by atoms with Crippen LogP contribution in [0.1, 0.15) is 34.0 Å². The fourth-order valence-electron chi connectivity index (χ4n) is 3.14. The van der Waals surface area contributed by atoms with Gasteiger partial charge in [-0.05, 0) is 54.7 Å². The van der Waals surface area contributed by atoms with E-state index >= 15 is 0 Å². The van der Waals surface area contributed by atoms with Crippen LogP contribution in [0.2, 0.25) is 0 Å². The average Bonchev–Trinajstić information content (AvgIpc) is 2.81. The Bertz CT molecular complexity index is 879. The van der Waals surface area contributed by atoms with Crippen molar-refractivity contribution in [2.24, 2.45) is 0 Å². The van der Waals surface area contributed by atoms with E-state index < -0.39 is 0 Å². The lowest BCUT2D eigenvalue weighted by molar-refractivity contribution is 0.104. The monoisotopic (exact) mass is 300 g/mol. The predicted molar refractivity (Wildman–Crippen MR) is 97.6 cm³/mol. The molecule has 114 valence electrons. The van der Waals surface area contributed by atoms with Gasteiger partial charge in [0.05, 0.1) is 0 Å². The van der Waals surface area contributed by atoms with Gasteiger partial charge in [-0.2, -0.15) is 0 Å². The lowest BCUT2D eigenvalue weighted by atomic mass is 9.94. The first-order valence-electron chi connectivity index (χ1n) is 7.83. The molecule has 2 aromatic carbocycles. The van der Waals surface area contributed by atoms with E-state index in [2.05, 4.69) is 50.8 Å². The second kappa shape index (κ2) is 5.85. The van der Waals surface area contributed by atoms with Gasteiger partial charge in [0, 0.05) is 11.1 Å². The number of Topliss-reactive ketones (excluding diaryl/α,β-unsaturated/α-hetero) is 1. The molecule has 0 aromatic heterocycles. The Hall–Kier alpha value is -2.67. The van der Waals surface area contributed by atoms with Gasteiger partial charge in [-0.25, -0.2) is 0 Å². The standard InChI is InChI=1S/C22H20O/c1-5-7-18-17(6-2)22(23)21-13-16(10-11-19(18)21)20-12-14(3)8-9-15(20)4/h5-13H,2H2,1,3-4H3/b7-5-. The third-order valence-electron chi connectivity index (χ3n) is 4.33. The van der Waals surface area contributed by atoms with Gasteiger partial charge in [0.15, 0.2) is 5.78 Å². The molecule has 1 heteroatoms. The molecule has 0 saturated carbocycles. The van der Waals surface area contributed by atoms with Crippen LogP contribution in [0.4, 0.5) is 0 Å². The van der Waals surface area contributed by atoms with Gasteiger partial charge in [0.1, 0.15) is 0 Å². The highest BCUT2D eigenvalue weighted by Gasteiger charge is 2.26. The summed E-state index contributed by atoms with van der Waals surface area (Å²) >= 11 is 0. The maximum absolute atomic E-state index is 12.7. The largest absolute Gasteiger partial charge is 0.289 e. The minimum Gasteiger partial charge on any atom is -0.289 e. The van der Waals surface area contributed by atoms with Crippen molar-refractivity contribution in [3.63, 3.8) is 0 Å². The van der Waals surface area contributed by atoms with Crippen molar-refractivity contribution < 1.29 is 4.79 Å². The number of fused-ring (bicyclic) bond motifs is 1. The number of ketones is 1. The first-order valence-corrected chi connectivity index (χ1v) is 7.83. The molecule has 0 unspecified atom stereocenters. The number of hydrogen-bond acceptors (Lipinski definition) is 1. The highest BCUT2D eigenvalue weighted by atomic mass is 16.1. The van der Waals surface area contributed by atoms with Crippen LogP contribution in [0.15, 0.2) is 66.8 Å². The number of benzene rings is 2. The minimum atomic E-state index is 0.0651. The first-order chi connectivity index (χ1) is 11.1. The van der Waals surface area contributed by atoms with Gasteiger partial charge >= 0.3 is 0 Å². The molecule has 0 N–H and O–H groups in total. The third kappa shape index (κ3) is 2.49. The normalized spacial score (nSPS) is 13.8. The van der Waals surface area contributed by atoms with Gasteiger partial charge < -0.3 is 0 Å². The summed E-state index contributed by atoms with van der Waals surface area (Å²) in [5.41, 5.74) is 8.13. The van der Waals surface area contributed by atoms with Crippen molar-refractivity contribution in [3.05, 3.63) is 89.0 Å². The summed E-state index contributed by atoms with van der Waals surface area (Å²) in [6.45, 7) is 9.95. The van der Waals surface area contributed by atoms with E-state index in [0.717, 1.165) is 22.3 Å². The molecule has 3 rings (SSSR count). The van der Waals surface area contributed by atoms with E-state index in [9.17, 15) is 4.79 Å². The molecule has 0 heterocycles. The fraction of sp³-hybridized carbons (Fsp3) is 0.136.